The van der Waals surface area contributed by atoms with Crippen molar-refractivity contribution >= 4 is 39.1 Å². The Morgan fingerprint density at radius 1 is 1.11 bits per heavy atom. The third kappa shape index (κ3) is 3.01. The van der Waals surface area contributed by atoms with E-state index in [2.05, 4.69) is 6.07 Å². The van der Waals surface area contributed by atoms with Gasteiger partial charge in [-0.1, -0.05) is 24.3 Å². The van der Waals surface area contributed by atoms with Gasteiger partial charge < -0.3 is 14.7 Å². The number of thioether (sulfide) groups is 1. The normalized spacial score (nSPS) is 21.0. The van der Waals surface area contributed by atoms with Crippen LogP contribution in [0.15, 0.2) is 63.7 Å². The highest BCUT2D eigenvalue weighted by molar-refractivity contribution is 7.99. The molecule has 4 aromatic rings. The average Bonchev–Trinajstić information content (AvgIpc) is 3.30. The first-order valence-electron chi connectivity index (χ1n) is 11.6. The summed E-state index contributed by atoms with van der Waals surface area (Å²) in [7, 11) is 0. The van der Waals surface area contributed by atoms with Gasteiger partial charge >= 0.3 is 0 Å². The molecule has 36 heavy (non-hydrogen) atoms. The highest BCUT2D eigenvalue weighted by Crippen LogP contribution is 2.48. The van der Waals surface area contributed by atoms with Gasteiger partial charge in [0.2, 0.25) is 5.43 Å². The van der Waals surface area contributed by atoms with E-state index < -0.39 is 29.3 Å². The van der Waals surface area contributed by atoms with Crippen molar-refractivity contribution in [1.29, 1.82) is 0 Å². The van der Waals surface area contributed by atoms with E-state index in [0.717, 1.165) is 26.1 Å². The molecule has 0 saturated carbocycles. The molecule has 0 unspecified atom stereocenters. The number of hydrogen-bond donors (Lipinski definition) is 1. The van der Waals surface area contributed by atoms with Crippen LogP contribution in [-0.2, 0) is 10.5 Å². The summed E-state index contributed by atoms with van der Waals surface area (Å²) in [5.41, 5.74) is 1.53. The number of morpholine rings is 1. The highest BCUT2D eigenvalue weighted by Gasteiger charge is 2.46. The number of aromatic nitrogens is 1. The molecular weight excluding hydrogens is 501 g/mol. The molecule has 1 N–H and O–H groups in total. The molecule has 5 heterocycles. The monoisotopic (exact) mass is 521 g/mol. The van der Waals surface area contributed by atoms with Crippen LogP contribution in [0.4, 0.5) is 4.39 Å². The number of amides is 1. The van der Waals surface area contributed by atoms with Gasteiger partial charge in [0, 0.05) is 39.7 Å². The van der Waals surface area contributed by atoms with Crippen LogP contribution in [0.1, 0.15) is 33.2 Å². The fraction of sp³-hybridized carbons (Fsp3) is 0.231. The molecular formula is C26H20FN3O4S2. The van der Waals surface area contributed by atoms with Gasteiger partial charge in [-0.15, -0.1) is 23.1 Å². The first-order chi connectivity index (χ1) is 17.5. The van der Waals surface area contributed by atoms with Crippen LogP contribution in [0, 0.1) is 5.82 Å². The minimum atomic E-state index is -0.638. The fourth-order valence-corrected chi connectivity index (χ4v) is 7.83. The lowest BCUT2D eigenvalue weighted by Crippen LogP contribution is -2.66. The molecule has 1 saturated heterocycles. The lowest BCUT2D eigenvalue weighted by molar-refractivity contribution is -0.0198. The number of fused-ring (bicyclic) bond motifs is 6. The number of carbonyl (C=O) groups is 1. The molecule has 3 aliphatic rings. The summed E-state index contributed by atoms with van der Waals surface area (Å²) in [5.74, 6) is -0.805. The second-order valence-electron chi connectivity index (χ2n) is 8.98. The number of ether oxygens (including phenoxy) is 1. The van der Waals surface area contributed by atoms with E-state index in [1.54, 1.807) is 34.1 Å². The first-order valence-corrected chi connectivity index (χ1v) is 13.4. The molecule has 0 radical (unpaired) electrons. The summed E-state index contributed by atoms with van der Waals surface area (Å²) in [6, 6.07) is 11.8. The number of rotatable bonds is 1. The van der Waals surface area contributed by atoms with Gasteiger partial charge in [-0.2, -0.15) is 0 Å². The van der Waals surface area contributed by atoms with Crippen LogP contribution in [0.2, 0.25) is 0 Å². The first kappa shape index (κ1) is 21.9. The van der Waals surface area contributed by atoms with Gasteiger partial charge in [-0.3, -0.25) is 19.3 Å². The molecule has 2 aromatic heterocycles. The van der Waals surface area contributed by atoms with E-state index in [1.807, 2.05) is 28.6 Å². The number of benzene rings is 2. The standard InChI is InChI=1S/C26H20FN3O4S2/c27-17-3-1-2-15-13-36-25-16(5-4-14-7-11-35-24(14)25)21(20(15)17)30-19-12-34-10-9-28(19)26(33)22-23(32)18(31)6-8-29(22)30/h1-8,11,19,21,32H,9-10,12-13H2/t19-,21+/m1/s1. The molecule has 10 heteroatoms. The molecule has 1 fully saturated rings. The van der Waals surface area contributed by atoms with Crippen LogP contribution in [0.25, 0.3) is 10.1 Å². The van der Waals surface area contributed by atoms with Crippen molar-refractivity contribution in [1.82, 2.24) is 9.58 Å². The van der Waals surface area contributed by atoms with Crippen molar-refractivity contribution in [3.05, 3.63) is 92.5 Å². The predicted octanol–water partition coefficient (Wildman–Crippen LogP) is 4.05. The molecule has 2 atom stereocenters. The lowest BCUT2D eigenvalue weighted by atomic mass is 9.92. The molecule has 0 aliphatic carbocycles. The predicted molar refractivity (Wildman–Crippen MR) is 136 cm³/mol. The summed E-state index contributed by atoms with van der Waals surface area (Å²) in [6.45, 7) is 0.846. The largest absolute Gasteiger partial charge is 0.502 e. The van der Waals surface area contributed by atoms with Crippen LogP contribution < -0.4 is 10.4 Å². The third-order valence-electron chi connectivity index (χ3n) is 7.13. The van der Waals surface area contributed by atoms with Crippen molar-refractivity contribution < 1.29 is 19.0 Å². The average molecular weight is 522 g/mol. The molecule has 182 valence electrons. The minimum absolute atomic E-state index is 0.116. The SMILES string of the molecule is O=C1c2c(O)c(=O)ccn2N([C@H]2c3ccc4ccsc4c3SCc3cccc(F)c32)[C@@H]2COCCN12. The number of halogens is 1. The van der Waals surface area contributed by atoms with Crippen molar-refractivity contribution in [2.24, 2.45) is 0 Å². The Labute approximate surface area is 213 Å². The number of pyridine rings is 1. The molecule has 2 aromatic carbocycles. The smallest absolute Gasteiger partial charge is 0.278 e. The summed E-state index contributed by atoms with van der Waals surface area (Å²) < 4.78 is 24.2. The van der Waals surface area contributed by atoms with Gasteiger partial charge in [-0.25, -0.2) is 4.39 Å². The summed E-state index contributed by atoms with van der Waals surface area (Å²) in [6.07, 6.45) is 0.927. The molecule has 3 aliphatic heterocycles. The van der Waals surface area contributed by atoms with Crippen molar-refractivity contribution in [2.45, 2.75) is 22.9 Å². The number of carbonyl (C=O) groups excluding carboxylic acids is 1. The van der Waals surface area contributed by atoms with E-state index in [4.69, 9.17) is 4.74 Å². The van der Waals surface area contributed by atoms with Gasteiger partial charge in [0.15, 0.2) is 11.4 Å². The lowest BCUT2D eigenvalue weighted by Gasteiger charge is -2.51. The van der Waals surface area contributed by atoms with Crippen molar-refractivity contribution in [3.8, 4) is 5.75 Å². The topological polar surface area (TPSA) is 75.0 Å². The Morgan fingerprint density at radius 3 is 2.89 bits per heavy atom. The number of thiophene rings is 1. The van der Waals surface area contributed by atoms with E-state index in [0.29, 0.717) is 24.5 Å². The fourth-order valence-electron chi connectivity index (χ4n) is 5.51. The maximum Gasteiger partial charge on any atom is 0.278 e. The number of aromatic hydroxyl groups is 1. The van der Waals surface area contributed by atoms with E-state index >= 15 is 4.39 Å². The van der Waals surface area contributed by atoms with Gasteiger partial charge in [0.1, 0.15) is 18.0 Å². The Balaban J connectivity index is 1.57. The summed E-state index contributed by atoms with van der Waals surface area (Å²) in [4.78, 5) is 28.5. The maximum atomic E-state index is 15.8. The quantitative estimate of drug-likeness (QED) is 0.407. The molecule has 7 nitrogen and oxygen atoms in total. The van der Waals surface area contributed by atoms with Gasteiger partial charge in [0.05, 0.1) is 13.2 Å². The van der Waals surface area contributed by atoms with Crippen molar-refractivity contribution in [2.75, 3.05) is 24.8 Å². The summed E-state index contributed by atoms with van der Waals surface area (Å²) >= 11 is 3.32. The van der Waals surface area contributed by atoms with E-state index in [1.165, 1.54) is 23.0 Å². The Kier molecular flexibility index (Phi) is 4.92. The molecule has 1 amide bonds. The number of hydrogen-bond acceptors (Lipinski definition) is 7. The second-order valence-corrected chi connectivity index (χ2v) is 10.9. The zero-order valence-electron chi connectivity index (χ0n) is 18.9. The highest BCUT2D eigenvalue weighted by atomic mass is 32.2. The zero-order chi connectivity index (χ0) is 24.6. The Hall–Kier alpha value is -3.34. The van der Waals surface area contributed by atoms with Crippen molar-refractivity contribution in [3.63, 3.8) is 0 Å². The van der Waals surface area contributed by atoms with E-state index in [-0.39, 0.29) is 18.1 Å². The van der Waals surface area contributed by atoms with Gasteiger partial charge in [-0.05, 0) is 34.0 Å². The van der Waals surface area contributed by atoms with Crippen LogP contribution in [0.3, 0.4) is 0 Å². The minimum Gasteiger partial charge on any atom is -0.502 e. The summed E-state index contributed by atoms with van der Waals surface area (Å²) in [5, 5.41) is 15.8. The van der Waals surface area contributed by atoms with Crippen LogP contribution in [-0.4, -0.2) is 46.5 Å². The Morgan fingerprint density at radius 2 is 2.00 bits per heavy atom. The maximum absolute atomic E-state index is 15.8. The zero-order valence-corrected chi connectivity index (χ0v) is 20.5. The van der Waals surface area contributed by atoms with Gasteiger partial charge in [0.25, 0.3) is 5.91 Å². The molecule has 0 spiro atoms. The van der Waals surface area contributed by atoms with Crippen LogP contribution in [0.5, 0.6) is 5.75 Å². The van der Waals surface area contributed by atoms with E-state index in [9.17, 15) is 14.7 Å². The Bertz CT molecular complexity index is 1620. The molecule has 0 bridgehead atoms. The number of nitrogens with zero attached hydrogens (tertiary/aromatic N) is 3. The van der Waals surface area contributed by atoms with Crippen LogP contribution >= 0.6 is 23.1 Å². The molecule has 7 rings (SSSR count). The second kappa shape index (κ2) is 8.09. The third-order valence-corrected chi connectivity index (χ3v) is 9.39.